The van der Waals surface area contributed by atoms with E-state index in [1.54, 1.807) is 34.6 Å². The van der Waals surface area contributed by atoms with Crippen molar-refractivity contribution in [1.82, 2.24) is 4.31 Å². The molecular weight excluding hydrogens is 396 g/mol. The van der Waals surface area contributed by atoms with Gasteiger partial charge >= 0.3 is 0 Å². The van der Waals surface area contributed by atoms with E-state index in [0.29, 0.717) is 18.0 Å². The Labute approximate surface area is 179 Å². The van der Waals surface area contributed by atoms with Crippen LogP contribution in [0.15, 0.2) is 47.4 Å². The zero-order valence-electron chi connectivity index (χ0n) is 17.9. The van der Waals surface area contributed by atoms with Crippen molar-refractivity contribution in [3.05, 3.63) is 64.7 Å². The van der Waals surface area contributed by atoms with Gasteiger partial charge in [0.2, 0.25) is 15.9 Å². The van der Waals surface area contributed by atoms with Crippen molar-refractivity contribution in [2.45, 2.75) is 51.3 Å². The van der Waals surface area contributed by atoms with E-state index in [2.05, 4.69) is 5.32 Å². The summed E-state index contributed by atoms with van der Waals surface area (Å²) in [5, 5.41) is 2.93. The maximum Gasteiger partial charge on any atom is 0.248 e. The van der Waals surface area contributed by atoms with Crippen LogP contribution in [0.5, 0.6) is 0 Å². The van der Waals surface area contributed by atoms with E-state index in [-0.39, 0.29) is 5.91 Å². The van der Waals surface area contributed by atoms with E-state index in [9.17, 15) is 13.2 Å². The van der Waals surface area contributed by atoms with Crippen LogP contribution in [-0.2, 0) is 14.8 Å². The zero-order valence-corrected chi connectivity index (χ0v) is 18.8. The lowest BCUT2D eigenvalue weighted by Gasteiger charge is -2.19. The van der Waals surface area contributed by atoms with Crippen LogP contribution in [0.1, 0.15) is 47.9 Å². The zero-order chi connectivity index (χ0) is 21.7. The molecule has 1 N–H and O–H groups in total. The number of hydrogen-bond donors (Lipinski definition) is 1. The molecule has 0 unspecified atom stereocenters. The van der Waals surface area contributed by atoms with E-state index >= 15 is 0 Å². The summed E-state index contributed by atoms with van der Waals surface area (Å²) in [4.78, 5) is 12.6. The molecule has 0 bridgehead atoms. The number of hydrogen-bond acceptors (Lipinski definition) is 3. The smallest absolute Gasteiger partial charge is 0.248 e. The number of sulfonamides is 1. The first kappa shape index (κ1) is 22.2. The average molecular weight is 427 g/mol. The number of aryl methyl sites for hydroxylation is 3. The quantitative estimate of drug-likeness (QED) is 0.697. The minimum absolute atomic E-state index is 0.216. The molecule has 1 aliphatic rings. The van der Waals surface area contributed by atoms with Crippen LogP contribution < -0.4 is 5.32 Å². The fourth-order valence-electron chi connectivity index (χ4n) is 3.90. The highest BCUT2D eigenvalue weighted by atomic mass is 32.2. The Bertz CT molecular complexity index is 1010. The molecule has 0 aromatic heterocycles. The van der Waals surface area contributed by atoms with Gasteiger partial charge < -0.3 is 5.32 Å². The van der Waals surface area contributed by atoms with Crippen molar-refractivity contribution in [2.75, 3.05) is 18.4 Å². The topological polar surface area (TPSA) is 66.5 Å². The Kier molecular flexibility index (Phi) is 7.10. The molecule has 3 rings (SSSR count). The molecule has 1 heterocycles. The summed E-state index contributed by atoms with van der Waals surface area (Å²) in [5.74, 6) is -0.216. The predicted octanol–water partition coefficient (Wildman–Crippen LogP) is 4.83. The summed E-state index contributed by atoms with van der Waals surface area (Å²) in [5.41, 5.74) is 4.81. The minimum atomic E-state index is -3.46. The fraction of sp³-hybridized carbons (Fsp3) is 0.375. The van der Waals surface area contributed by atoms with Crippen molar-refractivity contribution in [1.29, 1.82) is 0 Å². The lowest BCUT2D eigenvalue weighted by Crippen LogP contribution is -2.31. The van der Waals surface area contributed by atoms with Gasteiger partial charge in [0.15, 0.2) is 0 Å². The lowest BCUT2D eigenvalue weighted by atomic mass is 10.1. The van der Waals surface area contributed by atoms with Gasteiger partial charge in [-0.2, -0.15) is 4.31 Å². The van der Waals surface area contributed by atoms with Crippen LogP contribution >= 0.6 is 0 Å². The van der Waals surface area contributed by atoms with E-state index in [1.807, 2.05) is 32.9 Å². The number of rotatable bonds is 5. The highest BCUT2D eigenvalue weighted by molar-refractivity contribution is 7.89. The van der Waals surface area contributed by atoms with Gasteiger partial charge in [0.1, 0.15) is 0 Å². The van der Waals surface area contributed by atoms with E-state index in [4.69, 9.17) is 0 Å². The normalized spacial score (nSPS) is 15.8. The van der Waals surface area contributed by atoms with Gasteiger partial charge in [-0.1, -0.05) is 42.7 Å². The number of nitrogens with one attached hydrogen (secondary N) is 1. The number of carbonyl (C=O) groups is 1. The molecule has 5 nitrogen and oxygen atoms in total. The van der Waals surface area contributed by atoms with E-state index < -0.39 is 10.0 Å². The number of benzene rings is 2. The van der Waals surface area contributed by atoms with Gasteiger partial charge in [0.05, 0.1) is 4.90 Å². The summed E-state index contributed by atoms with van der Waals surface area (Å²) in [7, 11) is -3.46. The first-order valence-electron chi connectivity index (χ1n) is 10.4. The first-order valence-corrected chi connectivity index (χ1v) is 11.9. The summed E-state index contributed by atoms with van der Waals surface area (Å²) in [6, 6.07) is 10.8. The molecule has 0 aliphatic carbocycles. The Morgan fingerprint density at radius 1 is 0.933 bits per heavy atom. The predicted molar refractivity (Wildman–Crippen MR) is 122 cm³/mol. The third-order valence-corrected chi connectivity index (χ3v) is 7.35. The average Bonchev–Trinajstić information content (AvgIpc) is 2.99. The number of carbonyl (C=O) groups excluding carboxylic acids is 1. The van der Waals surface area contributed by atoms with Gasteiger partial charge in [-0.15, -0.1) is 0 Å². The van der Waals surface area contributed by atoms with Gasteiger partial charge in [-0.25, -0.2) is 8.42 Å². The van der Waals surface area contributed by atoms with Crippen LogP contribution in [0.3, 0.4) is 0 Å². The Balaban J connectivity index is 1.68. The fourth-order valence-corrected chi connectivity index (χ4v) is 5.41. The number of anilines is 1. The molecule has 0 atom stereocenters. The molecular formula is C24H30N2O3S. The first-order chi connectivity index (χ1) is 14.3. The van der Waals surface area contributed by atoms with Crippen LogP contribution in [0, 0.1) is 20.8 Å². The van der Waals surface area contributed by atoms with Crippen LogP contribution in [0.25, 0.3) is 6.08 Å². The lowest BCUT2D eigenvalue weighted by molar-refractivity contribution is -0.111. The van der Waals surface area contributed by atoms with Crippen molar-refractivity contribution in [3.8, 4) is 0 Å². The third-order valence-electron chi connectivity index (χ3n) is 5.44. The maximum absolute atomic E-state index is 12.9. The van der Waals surface area contributed by atoms with Gasteiger partial charge in [0.25, 0.3) is 0 Å². The Morgan fingerprint density at radius 3 is 2.07 bits per heavy atom. The second kappa shape index (κ2) is 9.58. The molecule has 2 aromatic rings. The van der Waals surface area contributed by atoms with Crippen LogP contribution in [0.4, 0.5) is 5.69 Å². The van der Waals surface area contributed by atoms with Gasteiger partial charge in [-0.05, 0) is 68.5 Å². The highest BCUT2D eigenvalue weighted by Crippen LogP contribution is 2.23. The van der Waals surface area contributed by atoms with Crippen molar-refractivity contribution in [2.24, 2.45) is 0 Å². The van der Waals surface area contributed by atoms with Crippen molar-refractivity contribution in [3.63, 3.8) is 0 Å². The van der Waals surface area contributed by atoms with Crippen molar-refractivity contribution >= 4 is 27.7 Å². The number of amides is 1. The summed E-state index contributed by atoms with van der Waals surface area (Å²) < 4.78 is 27.3. The molecule has 1 amide bonds. The molecule has 30 heavy (non-hydrogen) atoms. The van der Waals surface area contributed by atoms with Crippen molar-refractivity contribution < 1.29 is 13.2 Å². The monoisotopic (exact) mass is 426 g/mol. The minimum Gasteiger partial charge on any atom is -0.322 e. The standard InChI is InChI=1S/C24H30N2O3S/c1-18-16-19(2)24(20(3)17-18)25-23(27)13-10-21-8-11-22(12-9-21)30(28,29)26-14-6-4-5-7-15-26/h8-13,16-17H,4-7,14-15H2,1-3H3,(H,25,27)/b13-10+. The Hall–Kier alpha value is -2.44. The third kappa shape index (κ3) is 5.37. The van der Waals surface area contributed by atoms with E-state index in [1.165, 1.54) is 6.08 Å². The van der Waals surface area contributed by atoms with Gasteiger partial charge in [-0.3, -0.25) is 4.79 Å². The summed E-state index contributed by atoms with van der Waals surface area (Å²) in [6.45, 7) is 7.15. The number of nitrogens with zero attached hydrogens (tertiary/aromatic N) is 1. The summed E-state index contributed by atoms with van der Waals surface area (Å²) >= 11 is 0. The molecule has 0 saturated carbocycles. The highest BCUT2D eigenvalue weighted by Gasteiger charge is 2.24. The summed E-state index contributed by atoms with van der Waals surface area (Å²) in [6.07, 6.45) is 7.15. The molecule has 1 fully saturated rings. The second-order valence-electron chi connectivity index (χ2n) is 7.98. The molecule has 2 aromatic carbocycles. The molecule has 160 valence electrons. The molecule has 0 spiro atoms. The Morgan fingerprint density at radius 2 is 1.50 bits per heavy atom. The SMILES string of the molecule is Cc1cc(C)c(NC(=O)/C=C/c2ccc(S(=O)(=O)N3CCCCCC3)cc2)c(C)c1. The second-order valence-corrected chi connectivity index (χ2v) is 9.92. The molecule has 6 heteroatoms. The van der Waals surface area contributed by atoms with Crippen LogP contribution in [-0.4, -0.2) is 31.7 Å². The molecule has 1 aliphatic heterocycles. The largest absolute Gasteiger partial charge is 0.322 e. The van der Waals surface area contributed by atoms with Crippen LogP contribution in [0.2, 0.25) is 0 Å². The maximum atomic E-state index is 12.9. The van der Waals surface area contributed by atoms with Gasteiger partial charge in [0, 0.05) is 24.9 Å². The molecule has 0 radical (unpaired) electrons. The molecule has 1 saturated heterocycles. The van der Waals surface area contributed by atoms with E-state index in [0.717, 1.165) is 53.6 Å².